The van der Waals surface area contributed by atoms with Crippen molar-refractivity contribution in [1.82, 2.24) is 9.78 Å². The highest BCUT2D eigenvalue weighted by molar-refractivity contribution is 9.10. The molecule has 114 valence electrons. The van der Waals surface area contributed by atoms with Crippen LogP contribution in [0.3, 0.4) is 0 Å². The molecular weight excluding hydrogens is 366 g/mol. The summed E-state index contributed by atoms with van der Waals surface area (Å²) in [7, 11) is -3.60. The molecular formula is C15H14BrN3O2S. The molecule has 3 aromatic rings. The maximum Gasteiger partial charge on any atom is 0.261 e. The second-order valence-corrected chi connectivity index (χ2v) is 7.39. The van der Waals surface area contributed by atoms with Gasteiger partial charge in [-0.2, -0.15) is 5.10 Å². The molecule has 5 nitrogen and oxygen atoms in total. The third-order valence-corrected chi connectivity index (χ3v) is 5.24. The number of sulfonamides is 1. The SMILES string of the molecule is CCn1ncc2cc(NS(=O)(=O)c3ccc(Br)cc3)ccc21. The highest BCUT2D eigenvalue weighted by Crippen LogP contribution is 2.22. The Balaban J connectivity index is 1.93. The van der Waals surface area contributed by atoms with Gasteiger partial charge in [-0.15, -0.1) is 0 Å². The van der Waals surface area contributed by atoms with E-state index < -0.39 is 10.0 Å². The number of nitrogens with one attached hydrogen (secondary N) is 1. The predicted octanol–water partition coefficient (Wildman–Crippen LogP) is 3.62. The Morgan fingerprint density at radius 2 is 1.91 bits per heavy atom. The molecule has 7 heteroatoms. The molecule has 0 bridgehead atoms. The molecule has 1 aromatic heterocycles. The first-order valence-corrected chi connectivity index (χ1v) is 9.01. The van der Waals surface area contributed by atoms with Crippen molar-refractivity contribution in [2.45, 2.75) is 18.4 Å². The fraction of sp³-hybridized carbons (Fsp3) is 0.133. The van der Waals surface area contributed by atoms with Gasteiger partial charge >= 0.3 is 0 Å². The molecule has 22 heavy (non-hydrogen) atoms. The smallest absolute Gasteiger partial charge is 0.261 e. The topological polar surface area (TPSA) is 64.0 Å². The van der Waals surface area contributed by atoms with E-state index in [0.717, 1.165) is 21.9 Å². The van der Waals surface area contributed by atoms with E-state index >= 15 is 0 Å². The standard InChI is InChI=1S/C15H14BrN3O2S/c1-2-19-15-8-5-13(9-11(15)10-17-19)18-22(20,21)14-6-3-12(16)4-7-14/h3-10,18H,2H2,1H3. The normalized spacial score (nSPS) is 11.7. The van der Waals surface area contributed by atoms with E-state index in [0.29, 0.717) is 5.69 Å². The van der Waals surface area contributed by atoms with Crippen LogP contribution in [0.25, 0.3) is 10.9 Å². The van der Waals surface area contributed by atoms with Crippen LogP contribution in [-0.4, -0.2) is 18.2 Å². The minimum absolute atomic E-state index is 0.222. The molecule has 0 amide bonds. The number of nitrogens with zero attached hydrogens (tertiary/aromatic N) is 2. The Morgan fingerprint density at radius 3 is 2.59 bits per heavy atom. The van der Waals surface area contributed by atoms with Gasteiger partial charge in [0.15, 0.2) is 0 Å². The molecule has 0 unspecified atom stereocenters. The summed E-state index contributed by atoms with van der Waals surface area (Å²) in [6, 6.07) is 11.9. The summed E-state index contributed by atoms with van der Waals surface area (Å²) >= 11 is 3.29. The van der Waals surface area contributed by atoms with Crippen molar-refractivity contribution in [3.05, 3.63) is 53.1 Å². The number of anilines is 1. The molecule has 2 aromatic carbocycles. The third kappa shape index (κ3) is 2.86. The van der Waals surface area contributed by atoms with Crippen molar-refractivity contribution in [3.63, 3.8) is 0 Å². The highest BCUT2D eigenvalue weighted by atomic mass is 79.9. The molecule has 0 atom stereocenters. The van der Waals surface area contributed by atoms with Crippen LogP contribution in [0, 0.1) is 0 Å². The van der Waals surface area contributed by atoms with Gasteiger partial charge in [-0.1, -0.05) is 15.9 Å². The predicted molar refractivity (Wildman–Crippen MR) is 90.4 cm³/mol. The van der Waals surface area contributed by atoms with Gasteiger partial charge in [0.25, 0.3) is 10.0 Å². The summed E-state index contributed by atoms with van der Waals surface area (Å²) in [6.07, 6.45) is 1.73. The van der Waals surface area contributed by atoms with Gasteiger partial charge in [0.2, 0.25) is 0 Å². The summed E-state index contributed by atoms with van der Waals surface area (Å²) in [5.74, 6) is 0. The lowest BCUT2D eigenvalue weighted by Crippen LogP contribution is -2.12. The average molecular weight is 380 g/mol. The molecule has 0 spiro atoms. The molecule has 3 rings (SSSR count). The number of fused-ring (bicyclic) bond motifs is 1. The molecule has 1 N–H and O–H groups in total. The van der Waals surface area contributed by atoms with Gasteiger partial charge in [0.05, 0.1) is 16.6 Å². The molecule has 0 aliphatic heterocycles. The van der Waals surface area contributed by atoms with Gasteiger partial charge in [-0.25, -0.2) is 8.42 Å². The number of rotatable bonds is 4. The minimum Gasteiger partial charge on any atom is -0.280 e. The van der Waals surface area contributed by atoms with Crippen LogP contribution >= 0.6 is 15.9 Å². The first kappa shape index (κ1) is 15.1. The summed E-state index contributed by atoms with van der Waals surface area (Å²) in [6.45, 7) is 2.78. The lowest BCUT2D eigenvalue weighted by Gasteiger charge is -2.08. The van der Waals surface area contributed by atoms with Gasteiger partial charge in [-0.05, 0) is 49.4 Å². The Hall–Kier alpha value is -1.86. The first-order chi connectivity index (χ1) is 10.5. The Morgan fingerprint density at radius 1 is 1.18 bits per heavy atom. The Labute approximate surface area is 137 Å². The number of aromatic nitrogens is 2. The molecule has 0 saturated heterocycles. The number of hydrogen-bond donors (Lipinski definition) is 1. The highest BCUT2D eigenvalue weighted by Gasteiger charge is 2.14. The maximum absolute atomic E-state index is 12.4. The fourth-order valence-corrected chi connectivity index (χ4v) is 3.54. The van der Waals surface area contributed by atoms with Gasteiger partial charge in [0, 0.05) is 22.1 Å². The first-order valence-electron chi connectivity index (χ1n) is 6.73. The monoisotopic (exact) mass is 379 g/mol. The van der Waals surface area contributed by atoms with Crippen LogP contribution in [0.1, 0.15) is 6.92 Å². The van der Waals surface area contributed by atoms with Gasteiger partial charge in [-0.3, -0.25) is 9.40 Å². The maximum atomic E-state index is 12.4. The van der Waals surface area contributed by atoms with Crippen LogP contribution in [-0.2, 0) is 16.6 Å². The molecule has 0 aliphatic rings. The molecule has 0 aliphatic carbocycles. The van der Waals surface area contributed by atoms with Crippen molar-refractivity contribution in [2.75, 3.05) is 4.72 Å². The fourth-order valence-electron chi connectivity index (χ4n) is 2.23. The van der Waals surface area contributed by atoms with Crippen molar-refractivity contribution in [2.24, 2.45) is 0 Å². The van der Waals surface area contributed by atoms with Gasteiger partial charge < -0.3 is 0 Å². The molecule has 0 saturated carbocycles. The summed E-state index contributed by atoms with van der Waals surface area (Å²) in [4.78, 5) is 0.222. The largest absolute Gasteiger partial charge is 0.280 e. The Kier molecular flexibility index (Phi) is 3.92. The van der Waals surface area contributed by atoms with E-state index in [-0.39, 0.29) is 4.90 Å². The summed E-state index contributed by atoms with van der Waals surface area (Å²) in [5, 5.41) is 5.15. The van der Waals surface area contributed by atoms with E-state index in [1.807, 2.05) is 17.7 Å². The van der Waals surface area contributed by atoms with Gasteiger partial charge in [0.1, 0.15) is 0 Å². The quantitative estimate of drug-likeness (QED) is 0.752. The lowest BCUT2D eigenvalue weighted by atomic mass is 10.2. The van der Waals surface area contributed by atoms with Crippen LogP contribution in [0.15, 0.2) is 58.0 Å². The zero-order valence-corrected chi connectivity index (χ0v) is 14.2. The van der Waals surface area contributed by atoms with E-state index in [9.17, 15) is 8.42 Å². The zero-order valence-electron chi connectivity index (χ0n) is 11.8. The van der Waals surface area contributed by atoms with Crippen LogP contribution in [0.5, 0.6) is 0 Å². The second kappa shape index (κ2) is 5.73. The van der Waals surface area contributed by atoms with Crippen molar-refractivity contribution < 1.29 is 8.42 Å². The number of aryl methyl sites for hydroxylation is 1. The second-order valence-electron chi connectivity index (χ2n) is 4.79. The van der Waals surface area contributed by atoms with Crippen LogP contribution < -0.4 is 4.72 Å². The summed E-state index contributed by atoms with van der Waals surface area (Å²) in [5.41, 5.74) is 1.50. The Bertz CT molecular complexity index is 918. The summed E-state index contributed by atoms with van der Waals surface area (Å²) < 4.78 is 30.0. The lowest BCUT2D eigenvalue weighted by molar-refractivity contribution is 0.601. The van der Waals surface area contributed by atoms with E-state index in [1.165, 1.54) is 0 Å². The average Bonchev–Trinajstić information content (AvgIpc) is 2.89. The van der Waals surface area contributed by atoms with E-state index in [4.69, 9.17) is 0 Å². The number of halogens is 1. The van der Waals surface area contributed by atoms with E-state index in [2.05, 4.69) is 25.8 Å². The van der Waals surface area contributed by atoms with Crippen molar-refractivity contribution >= 4 is 42.5 Å². The zero-order chi connectivity index (χ0) is 15.7. The van der Waals surface area contributed by atoms with Crippen LogP contribution in [0.2, 0.25) is 0 Å². The molecule has 0 radical (unpaired) electrons. The molecule has 0 fully saturated rings. The molecule has 1 heterocycles. The third-order valence-electron chi connectivity index (χ3n) is 3.32. The van der Waals surface area contributed by atoms with Crippen molar-refractivity contribution in [3.8, 4) is 0 Å². The van der Waals surface area contributed by atoms with E-state index in [1.54, 1.807) is 42.6 Å². The minimum atomic E-state index is -3.60. The van der Waals surface area contributed by atoms with Crippen molar-refractivity contribution in [1.29, 1.82) is 0 Å². The number of hydrogen-bond acceptors (Lipinski definition) is 3. The van der Waals surface area contributed by atoms with Crippen LogP contribution in [0.4, 0.5) is 5.69 Å². The number of benzene rings is 2.